The van der Waals surface area contributed by atoms with Crippen molar-refractivity contribution in [2.75, 3.05) is 26.2 Å². The molecule has 0 unspecified atom stereocenters. The molecular formula is C26H29NO3. The lowest BCUT2D eigenvalue weighted by Gasteiger charge is -2.18. The first-order valence-electron chi connectivity index (χ1n) is 10.8. The van der Waals surface area contributed by atoms with Crippen molar-refractivity contribution in [1.29, 1.82) is 0 Å². The first-order chi connectivity index (χ1) is 14.6. The third kappa shape index (κ3) is 4.05. The summed E-state index contributed by atoms with van der Waals surface area (Å²) in [6.07, 6.45) is 3.71. The summed E-state index contributed by atoms with van der Waals surface area (Å²) in [5, 5.41) is 0.627. The number of hydrogen-bond donors (Lipinski definition) is 0. The Bertz CT molecular complexity index is 1140. The van der Waals surface area contributed by atoms with Gasteiger partial charge in [0.25, 0.3) is 0 Å². The number of benzene rings is 2. The molecule has 1 heterocycles. The van der Waals surface area contributed by atoms with Crippen molar-refractivity contribution >= 4 is 22.6 Å². The highest BCUT2D eigenvalue weighted by molar-refractivity contribution is 5.87. The molecule has 4 nitrogen and oxygen atoms in total. The van der Waals surface area contributed by atoms with Crippen LogP contribution >= 0.6 is 0 Å². The van der Waals surface area contributed by atoms with Gasteiger partial charge in [0.05, 0.1) is 5.39 Å². The fourth-order valence-electron chi connectivity index (χ4n) is 4.07. The SMILES string of the molecule is CCN(CC)CCOc1ccc2c(=O)c3c(oc2c1)C(=Cc1ccccc1C)CC3. The number of allylic oxidation sites excluding steroid dienone is 1. The summed E-state index contributed by atoms with van der Waals surface area (Å²) < 4.78 is 12.2. The lowest BCUT2D eigenvalue weighted by molar-refractivity contribution is 0.223. The first-order valence-corrected chi connectivity index (χ1v) is 10.8. The van der Waals surface area contributed by atoms with Crippen LogP contribution in [0.2, 0.25) is 0 Å². The molecule has 4 rings (SSSR count). The molecule has 0 aliphatic heterocycles. The average molecular weight is 404 g/mol. The number of ether oxygens (including phenoxy) is 1. The van der Waals surface area contributed by atoms with Gasteiger partial charge in [-0.1, -0.05) is 38.1 Å². The molecule has 0 atom stereocenters. The van der Waals surface area contributed by atoms with Crippen LogP contribution < -0.4 is 10.2 Å². The van der Waals surface area contributed by atoms with Gasteiger partial charge in [-0.15, -0.1) is 0 Å². The number of hydrogen-bond acceptors (Lipinski definition) is 4. The summed E-state index contributed by atoms with van der Waals surface area (Å²) >= 11 is 0. The molecule has 0 radical (unpaired) electrons. The Morgan fingerprint density at radius 3 is 2.67 bits per heavy atom. The van der Waals surface area contributed by atoms with Gasteiger partial charge < -0.3 is 14.1 Å². The standard InChI is InChI=1S/C26H29NO3/c1-4-27(5-2)14-15-29-21-11-13-22-24(17-21)30-26-20(10-12-23(26)25(22)28)16-19-9-7-6-8-18(19)3/h6-9,11,13,16-17H,4-5,10,12,14-15H2,1-3H3. The van der Waals surface area contributed by atoms with Gasteiger partial charge in [0, 0.05) is 18.2 Å². The maximum absolute atomic E-state index is 13.0. The molecule has 0 spiro atoms. The van der Waals surface area contributed by atoms with Crippen molar-refractivity contribution in [3.05, 3.63) is 75.1 Å². The van der Waals surface area contributed by atoms with E-state index >= 15 is 0 Å². The minimum absolute atomic E-state index is 0.0779. The van der Waals surface area contributed by atoms with Crippen molar-refractivity contribution in [3.63, 3.8) is 0 Å². The molecule has 0 amide bonds. The van der Waals surface area contributed by atoms with Crippen molar-refractivity contribution in [3.8, 4) is 5.75 Å². The van der Waals surface area contributed by atoms with E-state index in [-0.39, 0.29) is 5.43 Å². The topological polar surface area (TPSA) is 42.7 Å². The quantitative estimate of drug-likeness (QED) is 0.536. The van der Waals surface area contributed by atoms with Gasteiger partial charge in [-0.25, -0.2) is 0 Å². The average Bonchev–Trinajstić information content (AvgIpc) is 3.16. The summed E-state index contributed by atoms with van der Waals surface area (Å²) in [5.74, 6) is 1.47. The molecule has 0 bridgehead atoms. The summed E-state index contributed by atoms with van der Waals surface area (Å²) in [6.45, 7) is 9.90. The highest BCUT2D eigenvalue weighted by atomic mass is 16.5. The monoisotopic (exact) mass is 403 g/mol. The molecular weight excluding hydrogens is 374 g/mol. The van der Waals surface area contributed by atoms with Crippen LogP contribution in [0.15, 0.2) is 51.7 Å². The predicted octanol–water partition coefficient (Wildman–Crippen LogP) is 5.31. The highest BCUT2D eigenvalue weighted by Crippen LogP contribution is 2.35. The summed E-state index contributed by atoms with van der Waals surface area (Å²) in [4.78, 5) is 15.4. The van der Waals surface area contributed by atoms with Crippen molar-refractivity contribution < 1.29 is 9.15 Å². The molecule has 1 aliphatic rings. The first kappa shape index (κ1) is 20.4. The van der Waals surface area contributed by atoms with Crippen LogP contribution in [0.3, 0.4) is 0 Å². The van der Waals surface area contributed by atoms with E-state index in [1.807, 2.05) is 30.3 Å². The molecule has 156 valence electrons. The van der Waals surface area contributed by atoms with E-state index in [1.54, 1.807) is 0 Å². The van der Waals surface area contributed by atoms with Gasteiger partial charge in [-0.05, 0) is 67.8 Å². The second kappa shape index (κ2) is 8.88. The Kier molecular flexibility index (Phi) is 6.05. The largest absolute Gasteiger partial charge is 0.492 e. The lowest BCUT2D eigenvalue weighted by Crippen LogP contribution is -2.27. The van der Waals surface area contributed by atoms with Crippen LogP contribution in [0.4, 0.5) is 0 Å². The molecule has 4 heteroatoms. The Morgan fingerprint density at radius 1 is 1.10 bits per heavy atom. The van der Waals surface area contributed by atoms with Crippen LogP contribution in [0.1, 0.15) is 42.7 Å². The van der Waals surface area contributed by atoms with Crippen LogP contribution in [-0.4, -0.2) is 31.1 Å². The molecule has 0 saturated carbocycles. The lowest BCUT2D eigenvalue weighted by atomic mass is 10.0. The van der Waals surface area contributed by atoms with Crippen LogP contribution in [0.5, 0.6) is 5.75 Å². The molecule has 30 heavy (non-hydrogen) atoms. The smallest absolute Gasteiger partial charge is 0.196 e. The zero-order valence-corrected chi connectivity index (χ0v) is 18.0. The third-order valence-electron chi connectivity index (χ3n) is 5.98. The van der Waals surface area contributed by atoms with Gasteiger partial charge in [-0.3, -0.25) is 4.79 Å². The molecule has 3 aromatic rings. The summed E-state index contributed by atoms with van der Waals surface area (Å²) in [7, 11) is 0. The number of nitrogens with zero attached hydrogens (tertiary/aromatic N) is 1. The number of rotatable bonds is 7. The normalized spacial score (nSPS) is 14.6. The fraction of sp³-hybridized carbons (Fsp3) is 0.346. The zero-order chi connectivity index (χ0) is 21.1. The Balaban J connectivity index is 1.65. The van der Waals surface area contributed by atoms with E-state index in [9.17, 15) is 4.79 Å². The predicted molar refractivity (Wildman–Crippen MR) is 123 cm³/mol. The van der Waals surface area contributed by atoms with E-state index in [4.69, 9.17) is 9.15 Å². The molecule has 0 fully saturated rings. The minimum Gasteiger partial charge on any atom is -0.492 e. The van der Waals surface area contributed by atoms with Crippen LogP contribution in [0, 0.1) is 6.92 Å². The van der Waals surface area contributed by atoms with E-state index in [1.165, 1.54) is 5.56 Å². The Hall–Kier alpha value is -2.85. The van der Waals surface area contributed by atoms with Gasteiger partial charge in [-0.2, -0.15) is 0 Å². The zero-order valence-electron chi connectivity index (χ0n) is 18.0. The second-order valence-electron chi connectivity index (χ2n) is 7.80. The van der Waals surface area contributed by atoms with Crippen molar-refractivity contribution in [2.45, 2.75) is 33.6 Å². The van der Waals surface area contributed by atoms with Gasteiger partial charge in [0.1, 0.15) is 23.7 Å². The van der Waals surface area contributed by atoms with Crippen LogP contribution in [0.25, 0.3) is 22.6 Å². The number of aryl methyl sites for hydroxylation is 1. The molecule has 1 aromatic heterocycles. The number of likely N-dealkylation sites (N-methyl/N-ethyl adjacent to an activating group) is 1. The van der Waals surface area contributed by atoms with E-state index in [0.29, 0.717) is 17.6 Å². The summed E-state index contributed by atoms with van der Waals surface area (Å²) in [6, 6.07) is 13.8. The Morgan fingerprint density at radius 2 is 1.90 bits per heavy atom. The third-order valence-corrected chi connectivity index (χ3v) is 5.98. The minimum atomic E-state index is 0.0779. The van der Waals surface area contributed by atoms with E-state index in [0.717, 1.165) is 60.7 Å². The van der Waals surface area contributed by atoms with Gasteiger partial charge in [0.15, 0.2) is 5.43 Å². The maximum Gasteiger partial charge on any atom is 0.196 e. The van der Waals surface area contributed by atoms with Gasteiger partial charge >= 0.3 is 0 Å². The van der Waals surface area contributed by atoms with E-state index in [2.05, 4.69) is 43.9 Å². The van der Waals surface area contributed by atoms with Crippen molar-refractivity contribution in [1.82, 2.24) is 4.90 Å². The van der Waals surface area contributed by atoms with Crippen LogP contribution in [-0.2, 0) is 6.42 Å². The number of fused-ring (bicyclic) bond motifs is 2. The molecule has 0 saturated heterocycles. The Labute approximate surface area is 177 Å². The van der Waals surface area contributed by atoms with Gasteiger partial charge in [0.2, 0.25) is 0 Å². The highest BCUT2D eigenvalue weighted by Gasteiger charge is 2.24. The maximum atomic E-state index is 13.0. The fourth-order valence-corrected chi connectivity index (χ4v) is 4.07. The molecule has 1 aliphatic carbocycles. The molecule has 2 aromatic carbocycles. The second-order valence-corrected chi connectivity index (χ2v) is 7.80. The van der Waals surface area contributed by atoms with E-state index < -0.39 is 0 Å². The summed E-state index contributed by atoms with van der Waals surface area (Å²) in [5.41, 5.74) is 4.93. The molecule has 0 N–H and O–H groups in total. The van der Waals surface area contributed by atoms with Crippen molar-refractivity contribution in [2.24, 2.45) is 0 Å².